The van der Waals surface area contributed by atoms with Crippen molar-refractivity contribution in [1.29, 1.82) is 0 Å². The number of halogens is 4. The van der Waals surface area contributed by atoms with Crippen LogP contribution in [0.25, 0.3) is 0 Å². The van der Waals surface area contributed by atoms with E-state index in [1.807, 2.05) is 0 Å². The smallest absolute Gasteiger partial charge is 0.287 e. The van der Waals surface area contributed by atoms with E-state index in [1.165, 1.54) is 6.08 Å². The van der Waals surface area contributed by atoms with Crippen molar-refractivity contribution in [3.63, 3.8) is 0 Å². The standard InChI is InChI=1S/C8H9ClF3NO2/c9-6-3-5(13-4-14)1-2-7(6)15-8(10,11)12/h5-7H,1-3H2. The molecule has 0 radical (unpaired) electrons. The summed E-state index contributed by atoms with van der Waals surface area (Å²) in [6.45, 7) is 0. The van der Waals surface area contributed by atoms with E-state index >= 15 is 0 Å². The van der Waals surface area contributed by atoms with Gasteiger partial charge < -0.3 is 0 Å². The van der Waals surface area contributed by atoms with Gasteiger partial charge in [-0.1, -0.05) is 0 Å². The Hall–Kier alpha value is -0.580. The molecule has 0 saturated heterocycles. The first kappa shape index (κ1) is 12.5. The summed E-state index contributed by atoms with van der Waals surface area (Å²) >= 11 is 5.70. The van der Waals surface area contributed by atoms with E-state index < -0.39 is 17.8 Å². The maximum absolute atomic E-state index is 11.9. The van der Waals surface area contributed by atoms with Crippen LogP contribution in [0, 0.1) is 0 Å². The van der Waals surface area contributed by atoms with E-state index in [2.05, 4.69) is 9.73 Å². The van der Waals surface area contributed by atoms with E-state index in [0.717, 1.165) is 0 Å². The van der Waals surface area contributed by atoms with Gasteiger partial charge in [0.15, 0.2) is 0 Å². The van der Waals surface area contributed by atoms with E-state index in [4.69, 9.17) is 11.6 Å². The van der Waals surface area contributed by atoms with Gasteiger partial charge in [0.05, 0.1) is 17.5 Å². The van der Waals surface area contributed by atoms with Crippen LogP contribution in [0.3, 0.4) is 0 Å². The van der Waals surface area contributed by atoms with Crippen molar-refractivity contribution in [2.75, 3.05) is 0 Å². The second-order valence-corrected chi connectivity index (χ2v) is 3.87. The fraction of sp³-hybridized carbons (Fsp3) is 0.875. The lowest BCUT2D eigenvalue weighted by Crippen LogP contribution is -2.37. The summed E-state index contributed by atoms with van der Waals surface area (Å²) in [6, 6.07) is -0.335. The van der Waals surface area contributed by atoms with Gasteiger partial charge in [-0.15, -0.1) is 24.8 Å². The molecule has 1 aliphatic carbocycles. The molecular formula is C8H9ClF3NO2. The third kappa shape index (κ3) is 4.20. The Morgan fingerprint density at radius 1 is 1.40 bits per heavy atom. The highest BCUT2D eigenvalue weighted by Gasteiger charge is 2.39. The highest BCUT2D eigenvalue weighted by molar-refractivity contribution is 6.21. The molecule has 0 aromatic carbocycles. The van der Waals surface area contributed by atoms with Crippen molar-refractivity contribution in [2.45, 2.75) is 43.1 Å². The zero-order chi connectivity index (χ0) is 11.5. The van der Waals surface area contributed by atoms with Gasteiger partial charge in [0.25, 0.3) is 0 Å². The van der Waals surface area contributed by atoms with E-state index in [1.54, 1.807) is 0 Å². The first-order chi connectivity index (χ1) is 6.92. The lowest BCUT2D eigenvalue weighted by Gasteiger charge is -2.30. The van der Waals surface area contributed by atoms with Crippen LogP contribution in [0.4, 0.5) is 13.2 Å². The van der Waals surface area contributed by atoms with Crippen LogP contribution in [-0.2, 0) is 9.53 Å². The average molecular weight is 244 g/mol. The van der Waals surface area contributed by atoms with Crippen molar-refractivity contribution in [3.05, 3.63) is 0 Å². The first-order valence-corrected chi connectivity index (χ1v) is 4.81. The van der Waals surface area contributed by atoms with Gasteiger partial charge in [-0.05, 0) is 19.3 Å². The Balaban J connectivity index is 2.49. The Bertz CT molecular complexity index is 265. The average Bonchev–Trinajstić information content (AvgIpc) is 2.08. The minimum absolute atomic E-state index is 0.142. The minimum Gasteiger partial charge on any atom is -0.287 e. The van der Waals surface area contributed by atoms with Crippen LogP contribution in [0.5, 0.6) is 0 Å². The lowest BCUT2D eigenvalue weighted by molar-refractivity contribution is -0.344. The van der Waals surface area contributed by atoms with Crippen LogP contribution in [0.15, 0.2) is 4.99 Å². The zero-order valence-electron chi connectivity index (χ0n) is 7.63. The van der Waals surface area contributed by atoms with Crippen molar-refractivity contribution in [3.8, 4) is 0 Å². The van der Waals surface area contributed by atoms with Crippen molar-refractivity contribution in [2.24, 2.45) is 4.99 Å². The number of hydrogen-bond acceptors (Lipinski definition) is 3. The second-order valence-electron chi connectivity index (χ2n) is 3.31. The fourth-order valence-corrected chi connectivity index (χ4v) is 1.95. The van der Waals surface area contributed by atoms with Crippen molar-refractivity contribution < 1.29 is 22.7 Å². The number of rotatable bonds is 2. The molecule has 3 nitrogen and oxygen atoms in total. The maximum atomic E-state index is 11.9. The normalized spacial score (nSPS) is 32.1. The van der Waals surface area contributed by atoms with Crippen LogP contribution < -0.4 is 0 Å². The predicted molar refractivity (Wildman–Crippen MR) is 46.3 cm³/mol. The van der Waals surface area contributed by atoms with Gasteiger partial charge in [-0.3, -0.25) is 4.74 Å². The maximum Gasteiger partial charge on any atom is 0.522 e. The molecule has 1 saturated carbocycles. The molecule has 0 heterocycles. The molecule has 86 valence electrons. The summed E-state index contributed by atoms with van der Waals surface area (Å²) in [5.74, 6) is 0. The Kier molecular flexibility index (Phi) is 4.13. The largest absolute Gasteiger partial charge is 0.522 e. The fourth-order valence-electron chi connectivity index (χ4n) is 1.56. The summed E-state index contributed by atoms with van der Waals surface area (Å²) in [4.78, 5) is 13.4. The Morgan fingerprint density at radius 2 is 2.07 bits per heavy atom. The van der Waals surface area contributed by atoms with Crippen molar-refractivity contribution in [1.82, 2.24) is 0 Å². The van der Waals surface area contributed by atoms with E-state index in [-0.39, 0.29) is 18.9 Å². The molecule has 0 N–H and O–H groups in total. The molecular weight excluding hydrogens is 235 g/mol. The zero-order valence-corrected chi connectivity index (χ0v) is 8.38. The Labute approximate surface area is 89.3 Å². The number of isocyanates is 1. The van der Waals surface area contributed by atoms with Gasteiger partial charge in [0.1, 0.15) is 0 Å². The number of carbonyl (C=O) groups excluding carboxylic acids is 1. The van der Waals surface area contributed by atoms with Gasteiger partial charge in [-0.25, -0.2) is 9.79 Å². The van der Waals surface area contributed by atoms with E-state index in [0.29, 0.717) is 6.42 Å². The molecule has 1 rings (SSSR count). The summed E-state index contributed by atoms with van der Waals surface area (Å²) in [5.41, 5.74) is 0. The van der Waals surface area contributed by atoms with Crippen LogP contribution >= 0.6 is 11.6 Å². The summed E-state index contributed by atoms with van der Waals surface area (Å²) in [5, 5.41) is -0.775. The SMILES string of the molecule is O=C=NC1CCC(OC(F)(F)F)C(Cl)C1. The number of ether oxygens (including phenoxy) is 1. The number of aliphatic imine (C=N–C) groups is 1. The molecule has 0 amide bonds. The van der Waals surface area contributed by atoms with Crippen molar-refractivity contribution >= 4 is 17.7 Å². The molecule has 0 bridgehead atoms. The monoisotopic (exact) mass is 243 g/mol. The van der Waals surface area contributed by atoms with E-state index in [9.17, 15) is 18.0 Å². The first-order valence-electron chi connectivity index (χ1n) is 4.38. The van der Waals surface area contributed by atoms with Crippen LogP contribution in [0.2, 0.25) is 0 Å². The molecule has 0 spiro atoms. The predicted octanol–water partition coefficient (Wildman–Crippen LogP) is 2.39. The molecule has 0 aromatic heterocycles. The number of nitrogens with zero attached hydrogens (tertiary/aromatic N) is 1. The van der Waals surface area contributed by atoms with Gasteiger partial charge in [-0.2, -0.15) is 0 Å². The van der Waals surface area contributed by atoms with Gasteiger partial charge in [0, 0.05) is 0 Å². The molecule has 0 aromatic rings. The summed E-state index contributed by atoms with van der Waals surface area (Å²) in [7, 11) is 0. The highest BCUT2D eigenvalue weighted by atomic mass is 35.5. The molecule has 1 aliphatic rings. The highest BCUT2D eigenvalue weighted by Crippen LogP contribution is 2.32. The van der Waals surface area contributed by atoms with Gasteiger partial charge >= 0.3 is 6.36 Å². The second kappa shape index (κ2) is 4.96. The molecule has 3 unspecified atom stereocenters. The van der Waals surface area contributed by atoms with Crippen LogP contribution in [0.1, 0.15) is 19.3 Å². The lowest BCUT2D eigenvalue weighted by atomic mass is 9.93. The topological polar surface area (TPSA) is 38.7 Å². The molecule has 3 atom stereocenters. The minimum atomic E-state index is -4.67. The third-order valence-corrected chi connectivity index (χ3v) is 2.66. The Morgan fingerprint density at radius 3 is 2.53 bits per heavy atom. The molecule has 1 fully saturated rings. The van der Waals surface area contributed by atoms with Crippen LogP contribution in [-0.4, -0.2) is 30.0 Å². The molecule has 15 heavy (non-hydrogen) atoms. The molecule has 7 heteroatoms. The number of hydrogen-bond donors (Lipinski definition) is 0. The quantitative estimate of drug-likeness (QED) is 0.424. The summed E-state index contributed by atoms with van der Waals surface area (Å²) in [6.07, 6.45) is -3.64. The van der Waals surface area contributed by atoms with Gasteiger partial charge in [0.2, 0.25) is 6.08 Å². The third-order valence-electron chi connectivity index (χ3n) is 2.21. The number of alkyl halides is 4. The summed E-state index contributed by atoms with van der Waals surface area (Å²) < 4.78 is 39.5. The molecule has 0 aliphatic heterocycles.